The minimum absolute atomic E-state index is 0.0665. The molecule has 1 aromatic carbocycles. The average Bonchev–Trinajstić information content (AvgIpc) is 2.86. The number of Topliss-reactive ketones (excluding diaryl/α,β-unsaturated/α-hetero) is 1. The molecule has 0 saturated heterocycles. The third-order valence-corrected chi connectivity index (χ3v) is 3.95. The average molecular weight is 320 g/mol. The van der Waals surface area contributed by atoms with Gasteiger partial charge in [0.05, 0.1) is 17.7 Å². The number of hydrogen-bond donors (Lipinski definition) is 1. The van der Waals surface area contributed by atoms with E-state index in [1.807, 2.05) is 0 Å². The van der Waals surface area contributed by atoms with Gasteiger partial charge in [0.15, 0.2) is 17.5 Å². The van der Waals surface area contributed by atoms with E-state index >= 15 is 0 Å². The monoisotopic (exact) mass is 320 g/mol. The van der Waals surface area contributed by atoms with Crippen LogP contribution >= 0.6 is 11.3 Å². The highest BCUT2D eigenvalue weighted by atomic mass is 32.1. The molecule has 0 aliphatic heterocycles. The standard InChI is InChI=1S/C15H16N2O4S/c1-9-14(10(2)18)22-15(16-9)17-13(19)8-21-12-6-4-5-11(7-12)20-3/h4-7H,8H2,1-3H3,(H,16,17,19). The number of ether oxygens (including phenoxy) is 2. The SMILES string of the molecule is COc1cccc(OCC(=O)Nc2nc(C)c(C(C)=O)s2)c1. The summed E-state index contributed by atoms with van der Waals surface area (Å²) >= 11 is 1.16. The number of thiazole rings is 1. The topological polar surface area (TPSA) is 77.5 Å². The molecule has 2 rings (SSSR count). The zero-order valence-electron chi connectivity index (χ0n) is 12.5. The van der Waals surface area contributed by atoms with Crippen molar-refractivity contribution in [1.82, 2.24) is 4.98 Å². The molecule has 6 nitrogen and oxygen atoms in total. The number of anilines is 1. The minimum Gasteiger partial charge on any atom is -0.497 e. The molecule has 0 aliphatic rings. The summed E-state index contributed by atoms with van der Waals surface area (Å²) in [5.41, 5.74) is 0.613. The zero-order valence-corrected chi connectivity index (χ0v) is 13.3. The molecule has 0 aliphatic carbocycles. The fourth-order valence-corrected chi connectivity index (χ4v) is 2.65. The van der Waals surface area contributed by atoms with E-state index < -0.39 is 0 Å². The van der Waals surface area contributed by atoms with Crippen LogP contribution in [0.4, 0.5) is 5.13 Å². The first kappa shape index (κ1) is 16.0. The van der Waals surface area contributed by atoms with Crippen LogP contribution in [0.25, 0.3) is 0 Å². The Kier molecular flexibility index (Phi) is 5.11. The van der Waals surface area contributed by atoms with Gasteiger partial charge in [0, 0.05) is 13.0 Å². The van der Waals surface area contributed by atoms with Gasteiger partial charge in [-0.25, -0.2) is 4.98 Å². The summed E-state index contributed by atoms with van der Waals surface area (Å²) in [4.78, 5) is 27.9. The fourth-order valence-electron chi connectivity index (χ4n) is 1.77. The number of hydrogen-bond acceptors (Lipinski definition) is 6. The second kappa shape index (κ2) is 7.04. The van der Waals surface area contributed by atoms with E-state index in [-0.39, 0.29) is 18.3 Å². The quantitative estimate of drug-likeness (QED) is 0.828. The Morgan fingerprint density at radius 2 is 2.05 bits per heavy atom. The Morgan fingerprint density at radius 3 is 2.68 bits per heavy atom. The third-order valence-electron chi connectivity index (χ3n) is 2.77. The Labute approximate surface area is 132 Å². The first-order chi connectivity index (χ1) is 10.5. The second-order valence-corrected chi connectivity index (χ2v) is 5.50. The highest BCUT2D eigenvalue weighted by molar-refractivity contribution is 7.17. The Balaban J connectivity index is 1.92. The number of rotatable bonds is 6. The van der Waals surface area contributed by atoms with Crippen molar-refractivity contribution in [2.75, 3.05) is 19.0 Å². The van der Waals surface area contributed by atoms with Crippen molar-refractivity contribution >= 4 is 28.2 Å². The number of nitrogens with zero attached hydrogens (tertiary/aromatic N) is 1. The number of amides is 1. The van der Waals surface area contributed by atoms with Crippen LogP contribution < -0.4 is 14.8 Å². The molecule has 0 spiro atoms. The molecule has 0 atom stereocenters. The Morgan fingerprint density at radius 1 is 1.32 bits per heavy atom. The molecule has 1 heterocycles. The number of carbonyl (C=O) groups is 2. The minimum atomic E-state index is -0.341. The van der Waals surface area contributed by atoms with Crippen LogP contribution in [0.1, 0.15) is 22.3 Å². The lowest BCUT2D eigenvalue weighted by atomic mass is 10.3. The summed E-state index contributed by atoms with van der Waals surface area (Å²) in [5, 5.41) is 3.01. The van der Waals surface area contributed by atoms with Crippen molar-refractivity contribution in [3.8, 4) is 11.5 Å². The number of methoxy groups -OCH3 is 1. The molecule has 0 bridgehead atoms. The van der Waals surface area contributed by atoms with Crippen molar-refractivity contribution < 1.29 is 19.1 Å². The maximum Gasteiger partial charge on any atom is 0.264 e. The van der Waals surface area contributed by atoms with Crippen molar-refractivity contribution in [2.24, 2.45) is 0 Å². The summed E-state index contributed by atoms with van der Waals surface area (Å²) < 4.78 is 10.5. The number of aryl methyl sites for hydroxylation is 1. The highest BCUT2D eigenvalue weighted by Crippen LogP contribution is 2.23. The van der Waals surface area contributed by atoms with E-state index in [1.54, 1.807) is 38.3 Å². The van der Waals surface area contributed by atoms with Crippen LogP contribution in [0, 0.1) is 6.92 Å². The van der Waals surface area contributed by atoms with Gasteiger partial charge in [0.1, 0.15) is 11.5 Å². The summed E-state index contributed by atoms with van der Waals surface area (Å²) in [7, 11) is 1.56. The van der Waals surface area contributed by atoms with Gasteiger partial charge in [-0.1, -0.05) is 17.4 Å². The normalized spacial score (nSPS) is 10.1. The predicted octanol–water partition coefficient (Wildman–Crippen LogP) is 2.68. The molecule has 22 heavy (non-hydrogen) atoms. The summed E-state index contributed by atoms with van der Waals surface area (Å²) in [6.45, 7) is 3.05. The number of benzene rings is 1. The number of nitrogens with one attached hydrogen (secondary N) is 1. The van der Waals surface area contributed by atoms with Crippen LogP contribution in [0.5, 0.6) is 11.5 Å². The lowest BCUT2D eigenvalue weighted by molar-refractivity contribution is -0.118. The molecule has 1 aromatic heterocycles. The third kappa shape index (κ3) is 4.05. The molecule has 0 fully saturated rings. The van der Waals surface area contributed by atoms with Crippen LogP contribution in [0.15, 0.2) is 24.3 Å². The molecular weight excluding hydrogens is 304 g/mol. The van der Waals surface area contributed by atoms with Crippen LogP contribution in [-0.2, 0) is 4.79 Å². The number of aromatic nitrogens is 1. The van der Waals surface area contributed by atoms with E-state index in [1.165, 1.54) is 6.92 Å². The van der Waals surface area contributed by atoms with E-state index in [9.17, 15) is 9.59 Å². The van der Waals surface area contributed by atoms with Gasteiger partial charge < -0.3 is 9.47 Å². The summed E-state index contributed by atoms with van der Waals surface area (Å²) in [5.74, 6) is 0.781. The second-order valence-electron chi connectivity index (χ2n) is 4.51. The van der Waals surface area contributed by atoms with Crippen molar-refractivity contribution in [3.63, 3.8) is 0 Å². The number of carbonyl (C=O) groups excluding carboxylic acids is 2. The van der Waals surface area contributed by atoms with Crippen molar-refractivity contribution in [3.05, 3.63) is 34.8 Å². The first-order valence-corrected chi connectivity index (χ1v) is 7.36. The van der Waals surface area contributed by atoms with Crippen LogP contribution in [0.2, 0.25) is 0 Å². The van der Waals surface area contributed by atoms with Gasteiger partial charge in [-0.2, -0.15) is 0 Å². The molecule has 7 heteroatoms. The largest absolute Gasteiger partial charge is 0.497 e. The van der Waals surface area contributed by atoms with E-state index in [0.29, 0.717) is 27.2 Å². The van der Waals surface area contributed by atoms with Gasteiger partial charge in [0.25, 0.3) is 5.91 Å². The molecule has 0 unspecified atom stereocenters. The number of ketones is 1. The predicted molar refractivity (Wildman–Crippen MR) is 84.0 cm³/mol. The van der Waals surface area contributed by atoms with Gasteiger partial charge in [-0.15, -0.1) is 0 Å². The summed E-state index contributed by atoms with van der Waals surface area (Å²) in [6, 6.07) is 6.98. The smallest absolute Gasteiger partial charge is 0.264 e. The van der Waals surface area contributed by atoms with Gasteiger partial charge >= 0.3 is 0 Å². The van der Waals surface area contributed by atoms with E-state index in [0.717, 1.165) is 11.3 Å². The molecule has 0 saturated carbocycles. The molecular formula is C15H16N2O4S. The van der Waals surface area contributed by atoms with Gasteiger partial charge in [-0.05, 0) is 19.1 Å². The van der Waals surface area contributed by atoms with E-state index in [4.69, 9.17) is 9.47 Å². The fraction of sp³-hybridized carbons (Fsp3) is 0.267. The maximum absolute atomic E-state index is 11.8. The van der Waals surface area contributed by atoms with E-state index in [2.05, 4.69) is 10.3 Å². The Hall–Kier alpha value is -2.41. The van der Waals surface area contributed by atoms with Crippen LogP contribution in [0.3, 0.4) is 0 Å². The first-order valence-electron chi connectivity index (χ1n) is 6.54. The van der Waals surface area contributed by atoms with Gasteiger partial charge in [0.2, 0.25) is 0 Å². The van der Waals surface area contributed by atoms with Crippen LogP contribution in [-0.4, -0.2) is 30.4 Å². The van der Waals surface area contributed by atoms with Gasteiger partial charge in [-0.3, -0.25) is 14.9 Å². The lowest BCUT2D eigenvalue weighted by Gasteiger charge is -2.07. The highest BCUT2D eigenvalue weighted by Gasteiger charge is 2.13. The van der Waals surface area contributed by atoms with Crippen molar-refractivity contribution in [1.29, 1.82) is 0 Å². The molecule has 1 N–H and O–H groups in total. The maximum atomic E-state index is 11.8. The molecule has 0 radical (unpaired) electrons. The summed E-state index contributed by atoms with van der Waals surface area (Å²) in [6.07, 6.45) is 0. The van der Waals surface area contributed by atoms with Crippen molar-refractivity contribution in [2.45, 2.75) is 13.8 Å². The Bertz CT molecular complexity index is 697. The molecule has 1 amide bonds. The molecule has 2 aromatic rings. The molecule has 116 valence electrons. The zero-order chi connectivity index (χ0) is 16.1. The lowest BCUT2D eigenvalue weighted by Crippen LogP contribution is -2.20.